The summed E-state index contributed by atoms with van der Waals surface area (Å²) in [6.45, 7) is 0. The number of alkyl halides is 3. The maximum atomic E-state index is 12.1. The van der Waals surface area contributed by atoms with Crippen molar-refractivity contribution in [2.24, 2.45) is 0 Å². The monoisotopic (exact) mass is 289 g/mol. The molecular formula is C11H7ClF3N3O. The van der Waals surface area contributed by atoms with Crippen LogP contribution in [-0.2, 0) is 0 Å². The van der Waals surface area contributed by atoms with Crippen molar-refractivity contribution in [3.05, 3.63) is 41.8 Å². The van der Waals surface area contributed by atoms with Crippen molar-refractivity contribution >= 4 is 23.1 Å². The van der Waals surface area contributed by atoms with E-state index in [4.69, 9.17) is 11.6 Å². The molecule has 0 saturated carbocycles. The van der Waals surface area contributed by atoms with E-state index in [0.717, 1.165) is 0 Å². The summed E-state index contributed by atoms with van der Waals surface area (Å²) in [4.78, 5) is 7.70. The first-order valence-electron chi connectivity index (χ1n) is 5.03. The van der Waals surface area contributed by atoms with Gasteiger partial charge in [0.05, 0.1) is 0 Å². The van der Waals surface area contributed by atoms with E-state index in [1.54, 1.807) is 6.07 Å². The second-order valence-electron chi connectivity index (χ2n) is 3.40. The average Bonchev–Trinajstić information content (AvgIpc) is 2.30. The van der Waals surface area contributed by atoms with E-state index in [1.165, 1.54) is 30.6 Å². The first-order chi connectivity index (χ1) is 8.94. The van der Waals surface area contributed by atoms with Gasteiger partial charge in [0.2, 0.25) is 0 Å². The number of benzene rings is 1. The number of aromatic nitrogens is 2. The van der Waals surface area contributed by atoms with Crippen LogP contribution in [0.25, 0.3) is 0 Å². The lowest BCUT2D eigenvalue weighted by Gasteiger charge is -2.11. The Bertz CT molecular complexity index is 577. The Morgan fingerprint density at radius 2 is 1.89 bits per heavy atom. The molecule has 19 heavy (non-hydrogen) atoms. The Morgan fingerprint density at radius 3 is 2.58 bits per heavy atom. The topological polar surface area (TPSA) is 47.0 Å². The molecule has 2 rings (SSSR count). The van der Waals surface area contributed by atoms with Crippen LogP contribution in [0.3, 0.4) is 0 Å². The molecule has 1 aromatic heterocycles. The zero-order valence-electron chi connectivity index (χ0n) is 9.28. The number of ether oxygens (including phenoxy) is 1. The van der Waals surface area contributed by atoms with Gasteiger partial charge < -0.3 is 10.1 Å². The van der Waals surface area contributed by atoms with Crippen LogP contribution in [0.5, 0.6) is 5.75 Å². The van der Waals surface area contributed by atoms with Gasteiger partial charge >= 0.3 is 6.36 Å². The summed E-state index contributed by atoms with van der Waals surface area (Å²) >= 11 is 5.77. The predicted octanol–water partition coefficient (Wildman–Crippen LogP) is 3.77. The fourth-order valence-electron chi connectivity index (χ4n) is 1.31. The molecule has 0 atom stereocenters. The van der Waals surface area contributed by atoms with Crippen LogP contribution in [0, 0.1) is 0 Å². The minimum absolute atomic E-state index is 0.115. The average molecular weight is 290 g/mol. The van der Waals surface area contributed by atoms with Gasteiger partial charge in [0.1, 0.15) is 5.75 Å². The highest BCUT2D eigenvalue weighted by molar-refractivity contribution is 6.31. The molecule has 0 aliphatic rings. The van der Waals surface area contributed by atoms with Gasteiger partial charge in [-0.15, -0.1) is 13.2 Å². The maximum absolute atomic E-state index is 12.1. The smallest absolute Gasteiger partial charge is 0.406 e. The molecule has 8 heteroatoms. The van der Waals surface area contributed by atoms with Crippen molar-refractivity contribution < 1.29 is 17.9 Å². The van der Waals surface area contributed by atoms with Crippen LogP contribution < -0.4 is 10.1 Å². The van der Waals surface area contributed by atoms with E-state index in [9.17, 15) is 13.2 Å². The van der Waals surface area contributed by atoms with Crippen molar-refractivity contribution in [1.82, 2.24) is 9.97 Å². The molecule has 2 aromatic rings. The number of nitrogens with zero attached hydrogens (tertiary/aromatic N) is 2. The van der Waals surface area contributed by atoms with E-state index < -0.39 is 6.36 Å². The molecule has 0 aliphatic carbocycles. The summed E-state index contributed by atoms with van der Waals surface area (Å²) in [7, 11) is 0. The molecule has 0 radical (unpaired) electrons. The second kappa shape index (κ2) is 5.31. The van der Waals surface area contributed by atoms with Gasteiger partial charge in [-0.1, -0.05) is 17.7 Å². The number of nitrogens with one attached hydrogen (secondary N) is 1. The number of hydrogen-bond acceptors (Lipinski definition) is 4. The van der Waals surface area contributed by atoms with Gasteiger partial charge in [0.25, 0.3) is 0 Å². The molecule has 0 aliphatic heterocycles. The van der Waals surface area contributed by atoms with Crippen LogP contribution >= 0.6 is 11.6 Å². The van der Waals surface area contributed by atoms with Gasteiger partial charge in [0, 0.05) is 24.1 Å². The van der Waals surface area contributed by atoms with E-state index in [-0.39, 0.29) is 16.7 Å². The normalized spacial score (nSPS) is 11.2. The molecule has 0 amide bonds. The standard InChI is InChI=1S/C11H7ClF3N3O/c12-9-10(17-5-4-16-9)18-7-2-1-3-8(6-7)19-11(13,14)15/h1-6H,(H,17,18). The number of hydrogen-bond donors (Lipinski definition) is 1. The Kier molecular flexibility index (Phi) is 3.75. The molecule has 0 bridgehead atoms. The molecular weight excluding hydrogens is 283 g/mol. The van der Waals surface area contributed by atoms with Gasteiger partial charge in [-0.05, 0) is 12.1 Å². The zero-order valence-corrected chi connectivity index (χ0v) is 10.0. The Balaban J connectivity index is 2.18. The summed E-state index contributed by atoms with van der Waals surface area (Å²) in [5.74, 6) is -0.0918. The van der Waals surface area contributed by atoms with Gasteiger partial charge in [0.15, 0.2) is 11.0 Å². The van der Waals surface area contributed by atoms with E-state index in [2.05, 4.69) is 20.0 Å². The SMILES string of the molecule is FC(F)(F)Oc1cccc(Nc2nccnc2Cl)c1. The maximum Gasteiger partial charge on any atom is 0.573 e. The first kappa shape index (κ1) is 13.4. The van der Waals surface area contributed by atoms with E-state index >= 15 is 0 Å². The van der Waals surface area contributed by atoms with Gasteiger partial charge in [-0.25, -0.2) is 9.97 Å². The fourth-order valence-corrected chi connectivity index (χ4v) is 1.46. The lowest BCUT2D eigenvalue weighted by molar-refractivity contribution is -0.274. The molecule has 0 saturated heterocycles. The molecule has 100 valence electrons. The number of rotatable bonds is 3. The van der Waals surface area contributed by atoms with Crippen molar-refractivity contribution in [1.29, 1.82) is 0 Å². The second-order valence-corrected chi connectivity index (χ2v) is 3.75. The van der Waals surface area contributed by atoms with Crippen molar-refractivity contribution in [3.8, 4) is 5.75 Å². The van der Waals surface area contributed by atoms with Gasteiger partial charge in [-0.2, -0.15) is 0 Å². The molecule has 0 fully saturated rings. The van der Waals surface area contributed by atoms with Crippen LogP contribution in [0.2, 0.25) is 5.15 Å². The highest BCUT2D eigenvalue weighted by Crippen LogP contribution is 2.27. The largest absolute Gasteiger partial charge is 0.573 e. The summed E-state index contributed by atoms with van der Waals surface area (Å²) in [6.07, 6.45) is -1.93. The van der Waals surface area contributed by atoms with Crippen LogP contribution in [0.1, 0.15) is 0 Å². The zero-order chi connectivity index (χ0) is 13.9. The highest BCUT2D eigenvalue weighted by Gasteiger charge is 2.31. The minimum Gasteiger partial charge on any atom is -0.406 e. The summed E-state index contributed by atoms with van der Waals surface area (Å²) in [5, 5.41) is 2.86. The minimum atomic E-state index is -4.73. The Morgan fingerprint density at radius 1 is 1.16 bits per heavy atom. The Labute approximate surface area is 111 Å². The van der Waals surface area contributed by atoms with Crippen LogP contribution in [-0.4, -0.2) is 16.3 Å². The third-order valence-electron chi connectivity index (χ3n) is 1.98. The highest BCUT2D eigenvalue weighted by atomic mass is 35.5. The molecule has 4 nitrogen and oxygen atoms in total. The van der Waals surface area contributed by atoms with Crippen molar-refractivity contribution in [2.45, 2.75) is 6.36 Å². The van der Waals surface area contributed by atoms with Gasteiger partial charge in [-0.3, -0.25) is 0 Å². The van der Waals surface area contributed by atoms with Crippen LogP contribution in [0.15, 0.2) is 36.7 Å². The number of halogens is 4. The van der Waals surface area contributed by atoms with E-state index in [0.29, 0.717) is 5.69 Å². The third kappa shape index (κ3) is 3.99. The third-order valence-corrected chi connectivity index (χ3v) is 2.26. The molecule has 1 aromatic carbocycles. The molecule has 0 spiro atoms. The Hall–Kier alpha value is -2.02. The summed E-state index contributed by atoms with van der Waals surface area (Å²) in [6, 6.07) is 5.33. The molecule has 0 unspecified atom stereocenters. The lowest BCUT2D eigenvalue weighted by Crippen LogP contribution is -2.17. The lowest BCUT2D eigenvalue weighted by atomic mass is 10.3. The number of anilines is 2. The predicted molar refractivity (Wildman–Crippen MR) is 63.4 cm³/mol. The molecule has 1 N–H and O–H groups in total. The quantitative estimate of drug-likeness (QED) is 0.934. The molecule has 1 heterocycles. The first-order valence-corrected chi connectivity index (χ1v) is 5.41. The van der Waals surface area contributed by atoms with Crippen molar-refractivity contribution in [2.75, 3.05) is 5.32 Å². The fraction of sp³-hybridized carbons (Fsp3) is 0.0909. The summed E-state index contributed by atoms with van der Waals surface area (Å²) in [5.41, 5.74) is 0.351. The van der Waals surface area contributed by atoms with Crippen LogP contribution in [0.4, 0.5) is 24.7 Å². The summed E-state index contributed by atoms with van der Waals surface area (Å²) < 4.78 is 40.0. The van der Waals surface area contributed by atoms with Crippen molar-refractivity contribution in [3.63, 3.8) is 0 Å². The van der Waals surface area contributed by atoms with E-state index in [1.807, 2.05) is 0 Å².